The first-order valence-electron chi connectivity index (χ1n) is 14.8. The van der Waals surface area contributed by atoms with Crippen molar-refractivity contribution < 1.29 is 41.1 Å². The van der Waals surface area contributed by atoms with Gasteiger partial charge in [0.2, 0.25) is 5.60 Å². The summed E-state index contributed by atoms with van der Waals surface area (Å²) in [7, 11) is 0. The van der Waals surface area contributed by atoms with E-state index in [-0.39, 0.29) is 18.2 Å². The molecule has 1 aromatic carbocycles. The van der Waals surface area contributed by atoms with Crippen molar-refractivity contribution in [3.8, 4) is 11.1 Å². The minimum absolute atomic E-state index is 0.0501. The molecule has 0 spiro atoms. The number of benzene rings is 1. The molecule has 3 fully saturated rings. The van der Waals surface area contributed by atoms with Gasteiger partial charge in [0.05, 0.1) is 5.60 Å². The van der Waals surface area contributed by atoms with Crippen molar-refractivity contribution in [3.05, 3.63) is 59.9 Å². The zero-order valence-electron chi connectivity index (χ0n) is 25.8. The molecule has 0 unspecified atom stereocenters. The number of nitrogens with zero attached hydrogens (tertiary/aromatic N) is 4. The van der Waals surface area contributed by atoms with Gasteiger partial charge < -0.3 is 14.4 Å². The van der Waals surface area contributed by atoms with E-state index in [1.54, 1.807) is 50.2 Å². The van der Waals surface area contributed by atoms with Crippen molar-refractivity contribution in [3.63, 3.8) is 0 Å². The minimum Gasteiger partial charge on any atom is -0.433 e. The average Bonchev–Trinajstić information content (AvgIpc) is 3.48. The number of hydrogen-bond donors (Lipinski definition) is 1. The number of fused-ring (bicyclic) bond motifs is 3. The quantitative estimate of drug-likeness (QED) is 0.250. The lowest BCUT2D eigenvalue weighted by Crippen LogP contribution is -2.53. The van der Waals surface area contributed by atoms with Gasteiger partial charge in [-0.05, 0) is 100 Å². The number of anilines is 1. The number of ether oxygens (including phenoxy) is 1. The number of aliphatic hydroxyl groups is 1. The average molecular weight is 637 g/mol. The third-order valence-corrected chi connectivity index (χ3v) is 9.36. The molecule has 0 atom stereocenters. The summed E-state index contributed by atoms with van der Waals surface area (Å²) in [5, 5.41) is 14.2. The van der Waals surface area contributed by atoms with Crippen LogP contribution in [0.15, 0.2) is 47.1 Å². The van der Waals surface area contributed by atoms with Gasteiger partial charge in [-0.2, -0.15) is 26.9 Å². The predicted octanol–water partition coefficient (Wildman–Crippen LogP) is 8.05. The Morgan fingerprint density at radius 3 is 2.04 bits per heavy atom. The summed E-state index contributed by atoms with van der Waals surface area (Å²) >= 11 is 0. The van der Waals surface area contributed by atoms with Crippen LogP contribution in [0.2, 0.25) is 0 Å². The highest BCUT2D eigenvalue weighted by molar-refractivity contribution is 5.88. The van der Waals surface area contributed by atoms with E-state index in [0.717, 1.165) is 19.4 Å². The third kappa shape index (κ3) is 6.54. The maximum atomic E-state index is 13.8. The largest absolute Gasteiger partial charge is 0.433 e. The molecule has 8 nitrogen and oxygen atoms in total. The summed E-state index contributed by atoms with van der Waals surface area (Å²) in [6.45, 7) is 5.67. The molecule has 2 bridgehead atoms. The van der Waals surface area contributed by atoms with Gasteiger partial charge >= 0.3 is 18.2 Å². The van der Waals surface area contributed by atoms with Crippen LogP contribution in [0.4, 0.5) is 32.6 Å². The summed E-state index contributed by atoms with van der Waals surface area (Å²) in [6, 6.07) is 10.5. The van der Waals surface area contributed by atoms with Crippen LogP contribution < -0.4 is 4.90 Å². The zero-order valence-corrected chi connectivity index (χ0v) is 25.8. The molecule has 2 heterocycles. The number of pyridine rings is 1. The number of amides is 1. The molecule has 0 aliphatic heterocycles. The zero-order chi connectivity index (χ0) is 33.1. The summed E-state index contributed by atoms with van der Waals surface area (Å²) in [5.41, 5.74) is -2.70. The fourth-order valence-corrected chi connectivity index (χ4v) is 6.17. The number of carbonyl (C=O) groups excluding carboxylic acids is 1. The summed E-state index contributed by atoms with van der Waals surface area (Å²) in [5.74, 6) is -3.64. The first-order valence-corrected chi connectivity index (χ1v) is 14.8. The molecular weight excluding hydrogens is 599 g/mol. The highest BCUT2D eigenvalue weighted by atomic mass is 19.4. The fourth-order valence-electron chi connectivity index (χ4n) is 6.17. The number of carbonyl (C=O) groups is 1. The van der Waals surface area contributed by atoms with Crippen molar-refractivity contribution in [1.82, 2.24) is 15.1 Å². The van der Waals surface area contributed by atoms with Gasteiger partial charge in [0.1, 0.15) is 5.82 Å². The van der Waals surface area contributed by atoms with Crippen LogP contribution in [-0.2, 0) is 21.7 Å². The Kier molecular flexibility index (Phi) is 8.03. The number of aromatic nitrogens is 3. The van der Waals surface area contributed by atoms with Crippen LogP contribution in [0.1, 0.15) is 90.4 Å². The Bertz CT molecular complexity index is 1520. The Hall–Kier alpha value is -3.61. The van der Waals surface area contributed by atoms with Crippen molar-refractivity contribution in [2.75, 3.05) is 11.4 Å². The standard InChI is InChI=1S/C32H37F5N4O4/c1-27(2,43)22-8-6-20(7-9-22)21-10-17-38-23(18-21)41(26(42)44-28(3,4)32(35,36)37)19-30-11-14-31(15-12-30,16-13-30)24-39-25(45-40-24)29(5,33)34/h6-10,17-18,43H,11-16,19H2,1-5H3. The van der Waals surface area contributed by atoms with Gasteiger partial charge in [-0.25, -0.2) is 9.78 Å². The molecule has 3 aliphatic rings. The lowest BCUT2D eigenvalue weighted by atomic mass is 9.53. The van der Waals surface area contributed by atoms with E-state index < -0.39 is 46.1 Å². The fraction of sp³-hybridized carbons (Fsp3) is 0.562. The van der Waals surface area contributed by atoms with E-state index in [0.29, 0.717) is 56.6 Å². The highest BCUT2D eigenvalue weighted by Crippen LogP contribution is 2.58. The number of rotatable bonds is 8. The molecule has 6 rings (SSSR count). The van der Waals surface area contributed by atoms with Crippen LogP contribution in [0.25, 0.3) is 11.1 Å². The first kappa shape index (κ1) is 32.8. The second-order valence-electron chi connectivity index (χ2n) is 13.6. The molecule has 13 heteroatoms. The number of hydrogen-bond acceptors (Lipinski definition) is 7. The third-order valence-electron chi connectivity index (χ3n) is 9.36. The second kappa shape index (κ2) is 11.0. The van der Waals surface area contributed by atoms with E-state index >= 15 is 0 Å². The molecule has 244 valence electrons. The monoisotopic (exact) mass is 636 g/mol. The van der Waals surface area contributed by atoms with E-state index in [1.807, 2.05) is 0 Å². The Morgan fingerprint density at radius 2 is 1.53 bits per heavy atom. The normalized spacial score (nSPS) is 22.4. The Morgan fingerprint density at radius 1 is 0.933 bits per heavy atom. The Balaban J connectivity index is 1.43. The van der Waals surface area contributed by atoms with E-state index in [9.17, 15) is 31.9 Å². The highest BCUT2D eigenvalue weighted by Gasteiger charge is 2.55. The first-order chi connectivity index (χ1) is 20.7. The van der Waals surface area contributed by atoms with Crippen molar-refractivity contribution >= 4 is 11.9 Å². The van der Waals surface area contributed by atoms with Crippen LogP contribution in [0.3, 0.4) is 0 Å². The molecule has 45 heavy (non-hydrogen) atoms. The van der Waals surface area contributed by atoms with Gasteiger partial charge in [0.15, 0.2) is 5.82 Å². The SMILES string of the molecule is CC(C)(O)c1ccc(-c2ccnc(N(CC34CCC(c5noc(C(C)(F)F)n5)(CC3)CC4)C(=O)OC(C)(C)C(F)(F)F)c2)cc1. The van der Waals surface area contributed by atoms with Gasteiger partial charge in [0.25, 0.3) is 5.89 Å². The smallest absolute Gasteiger partial charge is 0.427 e. The van der Waals surface area contributed by atoms with Crippen LogP contribution in [-0.4, -0.2) is 44.6 Å². The van der Waals surface area contributed by atoms with Crippen LogP contribution >= 0.6 is 0 Å². The van der Waals surface area contributed by atoms with Gasteiger partial charge in [-0.3, -0.25) is 4.90 Å². The van der Waals surface area contributed by atoms with Crippen molar-refractivity contribution in [2.45, 2.75) is 102 Å². The molecule has 0 radical (unpaired) electrons. The Labute approximate surface area is 258 Å². The maximum Gasteiger partial charge on any atom is 0.427 e. The van der Waals surface area contributed by atoms with Crippen molar-refractivity contribution in [1.29, 1.82) is 0 Å². The number of halogens is 5. The van der Waals surface area contributed by atoms with E-state index in [1.165, 1.54) is 11.1 Å². The van der Waals surface area contributed by atoms with Crippen LogP contribution in [0, 0.1) is 5.41 Å². The van der Waals surface area contributed by atoms with Crippen LogP contribution in [0.5, 0.6) is 0 Å². The van der Waals surface area contributed by atoms with E-state index in [4.69, 9.17) is 9.26 Å². The predicted molar refractivity (Wildman–Crippen MR) is 155 cm³/mol. The van der Waals surface area contributed by atoms with Gasteiger partial charge in [-0.15, -0.1) is 0 Å². The summed E-state index contributed by atoms with van der Waals surface area (Å²) in [4.78, 5) is 23.1. The molecule has 3 aromatic rings. The lowest BCUT2D eigenvalue weighted by molar-refractivity contribution is -0.243. The molecule has 3 saturated carbocycles. The summed E-state index contributed by atoms with van der Waals surface area (Å²) in [6.07, 6.45) is -1.21. The molecule has 1 amide bonds. The molecule has 1 N–H and O–H groups in total. The minimum atomic E-state index is -4.81. The molecule has 3 aliphatic carbocycles. The molecule has 2 aromatic heterocycles. The number of alkyl halides is 5. The molecule has 0 saturated heterocycles. The van der Waals surface area contributed by atoms with E-state index in [2.05, 4.69) is 15.1 Å². The molecular formula is C32H37F5N4O4. The topological polar surface area (TPSA) is 102 Å². The summed E-state index contributed by atoms with van der Waals surface area (Å²) < 4.78 is 78.7. The second-order valence-corrected chi connectivity index (χ2v) is 13.6. The maximum absolute atomic E-state index is 13.8. The van der Waals surface area contributed by atoms with Gasteiger partial charge in [-0.1, -0.05) is 29.4 Å². The lowest BCUT2D eigenvalue weighted by Gasteiger charge is -2.53. The van der Waals surface area contributed by atoms with Crippen molar-refractivity contribution in [2.24, 2.45) is 5.41 Å². The van der Waals surface area contributed by atoms with Gasteiger partial charge in [0, 0.05) is 25.1 Å².